The minimum Gasteiger partial charge on any atom is -0.352 e. The third kappa shape index (κ3) is 5.08. The van der Waals surface area contributed by atoms with Crippen LogP contribution in [0, 0.1) is 0 Å². The molecule has 2 aromatic rings. The summed E-state index contributed by atoms with van der Waals surface area (Å²) in [4.78, 5) is 24.0. The first-order chi connectivity index (χ1) is 12.2. The summed E-state index contributed by atoms with van der Waals surface area (Å²) in [6.45, 7) is 3.43. The van der Waals surface area contributed by atoms with Gasteiger partial charge in [0.15, 0.2) is 0 Å². The van der Waals surface area contributed by atoms with E-state index in [-0.39, 0.29) is 24.1 Å². The molecule has 0 bridgehead atoms. The van der Waals surface area contributed by atoms with Gasteiger partial charge in [0.2, 0.25) is 5.91 Å². The summed E-state index contributed by atoms with van der Waals surface area (Å²) in [6.07, 6.45) is -4.42. The van der Waals surface area contributed by atoms with Gasteiger partial charge >= 0.3 is 6.18 Å². The van der Waals surface area contributed by atoms with Gasteiger partial charge in [0, 0.05) is 11.6 Å². The third-order valence-electron chi connectivity index (χ3n) is 3.55. The van der Waals surface area contributed by atoms with Gasteiger partial charge in [-0.2, -0.15) is 13.2 Å². The molecule has 0 unspecified atom stereocenters. The van der Waals surface area contributed by atoms with Crippen molar-refractivity contribution in [3.8, 4) is 11.1 Å². The first-order valence-electron chi connectivity index (χ1n) is 8.02. The molecule has 4 nitrogen and oxygen atoms in total. The highest BCUT2D eigenvalue weighted by molar-refractivity contribution is 6.02. The van der Waals surface area contributed by atoms with Gasteiger partial charge in [-0.1, -0.05) is 30.3 Å². The Balaban J connectivity index is 2.19. The van der Waals surface area contributed by atoms with Crippen LogP contribution in [0.4, 0.5) is 13.2 Å². The molecule has 2 N–H and O–H groups in total. The fourth-order valence-corrected chi connectivity index (χ4v) is 2.40. The van der Waals surface area contributed by atoms with Crippen LogP contribution in [0.3, 0.4) is 0 Å². The van der Waals surface area contributed by atoms with Gasteiger partial charge in [0.1, 0.15) is 0 Å². The monoisotopic (exact) mass is 364 g/mol. The third-order valence-corrected chi connectivity index (χ3v) is 3.55. The zero-order valence-electron chi connectivity index (χ0n) is 14.4. The lowest BCUT2D eigenvalue weighted by atomic mass is 9.98. The molecular weight excluding hydrogens is 345 g/mol. The fraction of sp³-hybridized carbons (Fsp3) is 0.263. The molecule has 0 saturated heterocycles. The highest BCUT2D eigenvalue weighted by Crippen LogP contribution is 2.31. The van der Waals surface area contributed by atoms with Crippen molar-refractivity contribution < 1.29 is 22.8 Å². The second-order valence-electron chi connectivity index (χ2n) is 6.03. The summed E-state index contributed by atoms with van der Waals surface area (Å²) in [6, 6.07) is 11.1. The van der Waals surface area contributed by atoms with Crippen LogP contribution < -0.4 is 10.6 Å². The van der Waals surface area contributed by atoms with E-state index in [1.165, 1.54) is 12.1 Å². The van der Waals surface area contributed by atoms with Crippen molar-refractivity contribution in [2.24, 2.45) is 0 Å². The summed E-state index contributed by atoms with van der Waals surface area (Å²) in [5.41, 5.74) is 0.497. The molecule has 0 radical (unpaired) electrons. The van der Waals surface area contributed by atoms with Gasteiger partial charge in [0.25, 0.3) is 5.91 Å². The normalized spacial score (nSPS) is 11.3. The van der Waals surface area contributed by atoms with Crippen LogP contribution in [0.25, 0.3) is 11.1 Å². The molecule has 2 amide bonds. The van der Waals surface area contributed by atoms with Crippen LogP contribution in [0.1, 0.15) is 29.8 Å². The van der Waals surface area contributed by atoms with E-state index >= 15 is 0 Å². The summed E-state index contributed by atoms with van der Waals surface area (Å²) in [7, 11) is 0. The highest BCUT2D eigenvalue weighted by Gasteiger charge is 2.30. The molecule has 0 fully saturated rings. The molecule has 2 rings (SSSR count). The van der Waals surface area contributed by atoms with Gasteiger partial charge in [-0.05, 0) is 43.2 Å². The van der Waals surface area contributed by atoms with Crippen LogP contribution >= 0.6 is 0 Å². The summed E-state index contributed by atoms with van der Waals surface area (Å²) >= 11 is 0. The molecule has 0 aromatic heterocycles. The molecule has 0 spiro atoms. The topological polar surface area (TPSA) is 58.2 Å². The Morgan fingerprint density at radius 2 is 1.62 bits per heavy atom. The van der Waals surface area contributed by atoms with Gasteiger partial charge in [-0.15, -0.1) is 0 Å². The number of hydrogen-bond donors (Lipinski definition) is 2. The average Bonchev–Trinajstić information content (AvgIpc) is 2.58. The minimum absolute atomic E-state index is 0.0427. The number of nitrogens with one attached hydrogen (secondary N) is 2. The van der Waals surface area contributed by atoms with Crippen LogP contribution in [0.15, 0.2) is 48.5 Å². The number of alkyl halides is 3. The Kier molecular flexibility index (Phi) is 6.02. The summed E-state index contributed by atoms with van der Waals surface area (Å²) in [5.74, 6) is -0.792. The molecule has 0 aliphatic heterocycles. The quantitative estimate of drug-likeness (QED) is 0.851. The molecule has 2 aromatic carbocycles. The van der Waals surface area contributed by atoms with E-state index < -0.39 is 17.6 Å². The largest absolute Gasteiger partial charge is 0.416 e. The van der Waals surface area contributed by atoms with E-state index in [1.807, 2.05) is 0 Å². The second-order valence-corrected chi connectivity index (χ2v) is 6.03. The Morgan fingerprint density at radius 1 is 1.00 bits per heavy atom. The van der Waals surface area contributed by atoms with Crippen molar-refractivity contribution in [1.82, 2.24) is 10.6 Å². The molecule has 26 heavy (non-hydrogen) atoms. The first kappa shape index (κ1) is 19.5. The molecular formula is C19H19F3N2O2. The van der Waals surface area contributed by atoms with Gasteiger partial charge in [0.05, 0.1) is 12.1 Å². The molecule has 0 atom stereocenters. The van der Waals surface area contributed by atoms with E-state index in [9.17, 15) is 22.8 Å². The lowest BCUT2D eigenvalue weighted by molar-refractivity contribution is -0.137. The molecule has 0 heterocycles. The van der Waals surface area contributed by atoms with Crippen molar-refractivity contribution in [2.75, 3.05) is 6.54 Å². The van der Waals surface area contributed by atoms with Crippen LogP contribution in [0.2, 0.25) is 0 Å². The Bertz CT molecular complexity index is 784. The number of rotatable bonds is 5. The number of amides is 2. The smallest absolute Gasteiger partial charge is 0.352 e. The maximum absolute atomic E-state index is 12.7. The number of carbonyl (C=O) groups excluding carboxylic acids is 2. The van der Waals surface area contributed by atoms with Crippen LogP contribution in [-0.4, -0.2) is 24.4 Å². The predicted octanol–water partition coefficient (Wildman–Crippen LogP) is 3.63. The number of carbonyl (C=O) groups is 2. The lowest BCUT2D eigenvalue weighted by Gasteiger charge is -2.12. The number of benzene rings is 2. The van der Waals surface area contributed by atoms with Crippen LogP contribution in [0.5, 0.6) is 0 Å². The van der Waals surface area contributed by atoms with E-state index in [4.69, 9.17) is 0 Å². The van der Waals surface area contributed by atoms with Crippen molar-refractivity contribution in [3.63, 3.8) is 0 Å². The van der Waals surface area contributed by atoms with Crippen LogP contribution in [-0.2, 0) is 11.0 Å². The summed E-state index contributed by atoms with van der Waals surface area (Å²) in [5, 5.41) is 5.17. The highest BCUT2D eigenvalue weighted by atomic mass is 19.4. The van der Waals surface area contributed by atoms with Gasteiger partial charge < -0.3 is 10.6 Å². The molecule has 0 saturated carbocycles. The maximum atomic E-state index is 12.7. The first-order valence-corrected chi connectivity index (χ1v) is 8.02. The molecule has 7 heteroatoms. The van der Waals surface area contributed by atoms with E-state index in [0.29, 0.717) is 11.1 Å². The predicted molar refractivity (Wildman–Crippen MR) is 92.5 cm³/mol. The lowest BCUT2D eigenvalue weighted by Crippen LogP contribution is -2.39. The zero-order chi connectivity index (χ0) is 19.3. The Hall–Kier alpha value is -2.83. The summed E-state index contributed by atoms with van der Waals surface area (Å²) < 4.78 is 38.1. The number of halogens is 3. The fourth-order valence-electron chi connectivity index (χ4n) is 2.40. The standard InChI is InChI=1S/C19H19F3N2O2/c1-12(2)24-17(25)11-23-18(26)16-6-4-3-5-15(16)13-7-9-14(10-8-13)19(20,21)22/h3-10,12H,11H2,1-2H3,(H,23,26)(H,24,25). The van der Waals surface area contributed by atoms with Gasteiger partial charge in [-0.25, -0.2) is 0 Å². The minimum atomic E-state index is -4.42. The van der Waals surface area contributed by atoms with E-state index in [0.717, 1.165) is 12.1 Å². The van der Waals surface area contributed by atoms with Crippen molar-refractivity contribution in [2.45, 2.75) is 26.1 Å². The maximum Gasteiger partial charge on any atom is 0.416 e. The molecule has 0 aliphatic rings. The van der Waals surface area contributed by atoms with Crippen molar-refractivity contribution >= 4 is 11.8 Å². The van der Waals surface area contributed by atoms with Crippen molar-refractivity contribution in [1.29, 1.82) is 0 Å². The number of hydrogen-bond acceptors (Lipinski definition) is 2. The van der Waals surface area contributed by atoms with Crippen molar-refractivity contribution in [3.05, 3.63) is 59.7 Å². The molecule has 138 valence electrons. The van der Waals surface area contributed by atoms with E-state index in [2.05, 4.69) is 10.6 Å². The van der Waals surface area contributed by atoms with E-state index in [1.54, 1.807) is 38.1 Å². The second kappa shape index (κ2) is 8.03. The average molecular weight is 364 g/mol. The molecule has 0 aliphatic carbocycles. The van der Waals surface area contributed by atoms with Gasteiger partial charge in [-0.3, -0.25) is 9.59 Å². The zero-order valence-corrected chi connectivity index (χ0v) is 14.4. The Morgan fingerprint density at radius 3 is 2.19 bits per heavy atom. The SMILES string of the molecule is CC(C)NC(=O)CNC(=O)c1ccccc1-c1ccc(C(F)(F)F)cc1. The Labute approximate surface area is 149 Å².